The lowest BCUT2D eigenvalue weighted by atomic mass is 10.1. The molecule has 0 N–H and O–H groups in total. The van der Waals surface area contributed by atoms with Crippen molar-refractivity contribution in [2.24, 2.45) is 0 Å². The van der Waals surface area contributed by atoms with Crippen molar-refractivity contribution in [3.63, 3.8) is 0 Å². The van der Waals surface area contributed by atoms with Crippen molar-refractivity contribution in [2.75, 3.05) is 7.11 Å². The Kier molecular flexibility index (Phi) is 5.38. The molecule has 24 heavy (non-hydrogen) atoms. The number of thiocarbonyl (C=S) groups is 1. The smallest absolute Gasteiger partial charge is 0.266 e. The van der Waals surface area contributed by atoms with Crippen LogP contribution in [-0.2, 0) is 11.3 Å². The van der Waals surface area contributed by atoms with Crippen LogP contribution in [0.1, 0.15) is 11.1 Å². The second kappa shape index (κ2) is 7.51. The van der Waals surface area contributed by atoms with Gasteiger partial charge in [-0.25, -0.2) is 0 Å². The molecule has 1 aliphatic rings. The van der Waals surface area contributed by atoms with Gasteiger partial charge in [-0.15, -0.1) is 0 Å². The van der Waals surface area contributed by atoms with Gasteiger partial charge in [-0.3, -0.25) is 9.69 Å². The fourth-order valence-electron chi connectivity index (χ4n) is 2.36. The van der Waals surface area contributed by atoms with Gasteiger partial charge in [-0.05, 0) is 29.8 Å². The summed E-state index contributed by atoms with van der Waals surface area (Å²) in [5, 5.41) is 0. The molecular formula is C18H14BrNO2S2. The minimum absolute atomic E-state index is 0.0733. The summed E-state index contributed by atoms with van der Waals surface area (Å²) in [4.78, 5) is 14.9. The van der Waals surface area contributed by atoms with Crippen LogP contribution in [0.3, 0.4) is 0 Å². The lowest BCUT2D eigenvalue weighted by molar-refractivity contribution is -0.122. The van der Waals surface area contributed by atoms with E-state index >= 15 is 0 Å². The van der Waals surface area contributed by atoms with Gasteiger partial charge in [0.2, 0.25) is 0 Å². The van der Waals surface area contributed by atoms with E-state index in [9.17, 15) is 4.79 Å². The number of ether oxygens (including phenoxy) is 1. The minimum Gasteiger partial charge on any atom is -0.496 e. The van der Waals surface area contributed by atoms with E-state index in [1.807, 2.05) is 54.6 Å². The molecule has 3 rings (SSSR count). The van der Waals surface area contributed by atoms with E-state index in [0.717, 1.165) is 15.6 Å². The molecule has 1 heterocycles. The predicted octanol–water partition coefficient (Wildman–Crippen LogP) is 4.86. The summed E-state index contributed by atoms with van der Waals surface area (Å²) in [6, 6.07) is 15.5. The SMILES string of the molecule is COc1ccc(Br)cc1/C=C1/SC(=S)N(Cc2ccccc2)C1=O. The van der Waals surface area contributed by atoms with Gasteiger partial charge in [-0.1, -0.05) is 70.2 Å². The molecule has 1 amide bonds. The molecule has 0 radical (unpaired) electrons. The zero-order valence-corrected chi connectivity index (χ0v) is 16.1. The minimum atomic E-state index is -0.0733. The van der Waals surface area contributed by atoms with E-state index in [1.165, 1.54) is 11.8 Å². The number of nitrogens with zero attached hydrogens (tertiary/aromatic N) is 1. The average molecular weight is 420 g/mol. The van der Waals surface area contributed by atoms with Crippen LogP contribution in [0.25, 0.3) is 6.08 Å². The van der Waals surface area contributed by atoms with Crippen LogP contribution in [0.4, 0.5) is 0 Å². The van der Waals surface area contributed by atoms with E-state index in [4.69, 9.17) is 17.0 Å². The van der Waals surface area contributed by atoms with Crippen molar-refractivity contribution in [1.82, 2.24) is 4.90 Å². The molecule has 0 aliphatic carbocycles. The third kappa shape index (κ3) is 3.71. The third-order valence-corrected chi connectivity index (χ3v) is 5.41. The molecule has 3 nitrogen and oxygen atoms in total. The van der Waals surface area contributed by atoms with Gasteiger partial charge >= 0.3 is 0 Å². The van der Waals surface area contributed by atoms with Gasteiger partial charge < -0.3 is 4.74 Å². The summed E-state index contributed by atoms with van der Waals surface area (Å²) in [7, 11) is 1.61. The highest BCUT2D eigenvalue weighted by Gasteiger charge is 2.32. The summed E-state index contributed by atoms with van der Waals surface area (Å²) in [5.74, 6) is 0.641. The standard InChI is InChI=1S/C18H14BrNO2S2/c1-22-15-8-7-14(19)9-13(15)10-16-17(21)20(18(23)24-16)11-12-5-3-2-4-6-12/h2-10H,11H2,1H3/b16-10+. The van der Waals surface area contributed by atoms with E-state index in [2.05, 4.69) is 15.9 Å². The average Bonchev–Trinajstić information content (AvgIpc) is 2.84. The molecule has 6 heteroatoms. The topological polar surface area (TPSA) is 29.5 Å². The van der Waals surface area contributed by atoms with Crippen molar-refractivity contribution in [3.05, 3.63) is 69.0 Å². The number of amides is 1. The Labute approximate surface area is 158 Å². The van der Waals surface area contributed by atoms with Crippen LogP contribution in [0.5, 0.6) is 5.75 Å². The number of halogens is 1. The molecule has 0 spiro atoms. The van der Waals surface area contributed by atoms with Crippen molar-refractivity contribution in [2.45, 2.75) is 6.54 Å². The first kappa shape index (κ1) is 17.2. The highest BCUT2D eigenvalue weighted by Crippen LogP contribution is 2.35. The second-order valence-corrected chi connectivity index (χ2v) is 7.73. The first-order valence-corrected chi connectivity index (χ1v) is 9.23. The fraction of sp³-hybridized carbons (Fsp3) is 0.111. The summed E-state index contributed by atoms with van der Waals surface area (Å²) < 4.78 is 6.86. The monoisotopic (exact) mass is 419 g/mol. The summed E-state index contributed by atoms with van der Waals surface area (Å²) in [5.41, 5.74) is 1.89. The van der Waals surface area contributed by atoms with Crippen LogP contribution >= 0.6 is 39.9 Å². The summed E-state index contributed by atoms with van der Waals surface area (Å²) in [6.07, 6.45) is 1.83. The lowest BCUT2D eigenvalue weighted by Crippen LogP contribution is -2.27. The Morgan fingerprint density at radius 2 is 2.00 bits per heavy atom. The van der Waals surface area contributed by atoms with Crippen molar-refractivity contribution >= 4 is 56.2 Å². The number of benzene rings is 2. The number of carbonyl (C=O) groups is 1. The molecule has 0 unspecified atom stereocenters. The van der Waals surface area contributed by atoms with E-state index in [-0.39, 0.29) is 5.91 Å². The maximum atomic E-state index is 12.7. The van der Waals surface area contributed by atoms with Gasteiger partial charge in [0.05, 0.1) is 18.6 Å². The Bertz CT molecular complexity index is 821. The molecule has 2 aromatic carbocycles. The van der Waals surface area contributed by atoms with Crippen LogP contribution in [-0.4, -0.2) is 22.2 Å². The molecular weight excluding hydrogens is 406 g/mol. The molecule has 0 aromatic heterocycles. The number of hydrogen-bond donors (Lipinski definition) is 0. The Balaban J connectivity index is 1.87. The number of thioether (sulfide) groups is 1. The van der Waals surface area contributed by atoms with E-state index in [1.54, 1.807) is 12.0 Å². The van der Waals surface area contributed by atoms with Gasteiger partial charge in [0.15, 0.2) is 0 Å². The van der Waals surface area contributed by atoms with Crippen molar-refractivity contribution in [3.8, 4) is 5.75 Å². The predicted molar refractivity (Wildman–Crippen MR) is 106 cm³/mol. The third-order valence-electron chi connectivity index (χ3n) is 3.54. The molecule has 122 valence electrons. The van der Waals surface area contributed by atoms with E-state index in [0.29, 0.717) is 21.5 Å². The normalized spacial score (nSPS) is 16.1. The highest BCUT2D eigenvalue weighted by atomic mass is 79.9. The molecule has 1 saturated heterocycles. The maximum absolute atomic E-state index is 12.7. The zero-order chi connectivity index (χ0) is 17.1. The molecule has 0 saturated carbocycles. The second-order valence-electron chi connectivity index (χ2n) is 5.14. The number of carbonyl (C=O) groups excluding carboxylic acids is 1. The Morgan fingerprint density at radius 3 is 2.71 bits per heavy atom. The Morgan fingerprint density at radius 1 is 1.25 bits per heavy atom. The van der Waals surface area contributed by atoms with Crippen LogP contribution < -0.4 is 4.74 Å². The highest BCUT2D eigenvalue weighted by molar-refractivity contribution is 9.10. The van der Waals surface area contributed by atoms with Gasteiger partial charge in [0, 0.05) is 10.0 Å². The van der Waals surface area contributed by atoms with Gasteiger partial charge in [0.25, 0.3) is 5.91 Å². The fourth-order valence-corrected chi connectivity index (χ4v) is 3.99. The molecule has 1 aliphatic heterocycles. The van der Waals surface area contributed by atoms with Crippen LogP contribution in [0.2, 0.25) is 0 Å². The molecule has 0 bridgehead atoms. The first-order chi connectivity index (χ1) is 11.6. The maximum Gasteiger partial charge on any atom is 0.266 e. The quantitative estimate of drug-likeness (QED) is 0.522. The largest absolute Gasteiger partial charge is 0.496 e. The van der Waals surface area contributed by atoms with Crippen molar-refractivity contribution in [1.29, 1.82) is 0 Å². The lowest BCUT2D eigenvalue weighted by Gasteiger charge is -2.14. The molecule has 1 fully saturated rings. The Hall–Kier alpha value is -1.63. The van der Waals surface area contributed by atoms with Crippen molar-refractivity contribution < 1.29 is 9.53 Å². The van der Waals surface area contributed by atoms with Gasteiger partial charge in [-0.2, -0.15) is 0 Å². The molecule has 0 atom stereocenters. The van der Waals surface area contributed by atoms with Crippen LogP contribution in [0.15, 0.2) is 57.9 Å². The van der Waals surface area contributed by atoms with Gasteiger partial charge in [0.1, 0.15) is 10.1 Å². The molecule has 2 aromatic rings. The number of methoxy groups -OCH3 is 1. The summed E-state index contributed by atoms with van der Waals surface area (Å²) >= 11 is 10.1. The zero-order valence-electron chi connectivity index (χ0n) is 12.9. The number of hydrogen-bond acceptors (Lipinski definition) is 4. The van der Waals surface area contributed by atoms with E-state index < -0.39 is 0 Å². The first-order valence-electron chi connectivity index (χ1n) is 7.21. The summed E-state index contributed by atoms with van der Waals surface area (Å²) in [6.45, 7) is 0.485. The van der Waals surface area contributed by atoms with Crippen LogP contribution in [0, 0.1) is 0 Å². The number of rotatable bonds is 4.